The van der Waals surface area contributed by atoms with Gasteiger partial charge in [0.15, 0.2) is 5.69 Å². The average molecular weight is 331 g/mol. The molecule has 1 amide bonds. The molecule has 3 rings (SSSR count). The molecule has 0 unspecified atom stereocenters. The van der Waals surface area contributed by atoms with Crippen molar-refractivity contribution < 1.29 is 9.32 Å². The maximum atomic E-state index is 12.8. The van der Waals surface area contributed by atoms with Gasteiger partial charge in [0.2, 0.25) is 0 Å². The molecule has 2 aromatic heterocycles. The van der Waals surface area contributed by atoms with Crippen LogP contribution in [0.25, 0.3) is 0 Å². The van der Waals surface area contributed by atoms with Gasteiger partial charge in [0.05, 0.1) is 6.54 Å². The van der Waals surface area contributed by atoms with E-state index in [0.717, 1.165) is 18.9 Å². The van der Waals surface area contributed by atoms with E-state index in [1.807, 2.05) is 11.1 Å². The molecule has 3 heterocycles. The molecule has 0 aromatic carbocycles. The Labute approximate surface area is 142 Å². The van der Waals surface area contributed by atoms with E-state index in [1.54, 1.807) is 19.2 Å². The van der Waals surface area contributed by atoms with Crippen LogP contribution in [-0.2, 0) is 13.1 Å². The van der Waals surface area contributed by atoms with Crippen molar-refractivity contribution in [3.8, 4) is 0 Å². The van der Waals surface area contributed by atoms with E-state index < -0.39 is 0 Å². The SMILES string of the molecule is Cc1cc(C(=O)N2Cc3nccn3C[C@H](CN(C)C(C)C)C2)no1. The van der Waals surface area contributed by atoms with Crippen LogP contribution in [0.4, 0.5) is 0 Å². The second-order valence-electron chi connectivity index (χ2n) is 6.90. The lowest BCUT2D eigenvalue weighted by Gasteiger charge is -2.29. The summed E-state index contributed by atoms with van der Waals surface area (Å²) in [6, 6.07) is 2.16. The van der Waals surface area contributed by atoms with E-state index in [0.29, 0.717) is 36.5 Å². The molecule has 0 spiro atoms. The maximum Gasteiger partial charge on any atom is 0.276 e. The van der Waals surface area contributed by atoms with Crippen LogP contribution in [-0.4, -0.2) is 56.6 Å². The molecule has 0 saturated carbocycles. The zero-order valence-electron chi connectivity index (χ0n) is 14.8. The van der Waals surface area contributed by atoms with Crippen LogP contribution < -0.4 is 0 Å². The number of carbonyl (C=O) groups is 1. The van der Waals surface area contributed by atoms with Gasteiger partial charge < -0.3 is 18.9 Å². The number of amides is 1. The molecule has 7 nitrogen and oxygen atoms in total. The Kier molecular flexibility index (Phi) is 4.71. The average Bonchev–Trinajstić information content (AvgIpc) is 3.11. The number of rotatable bonds is 4. The van der Waals surface area contributed by atoms with Crippen molar-refractivity contribution in [1.82, 2.24) is 24.5 Å². The lowest BCUT2D eigenvalue weighted by atomic mass is 10.1. The van der Waals surface area contributed by atoms with Crippen LogP contribution in [0.15, 0.2) is 23.0 Å². The predicted octanol–water partition coefficient (Wildman–Crippen LogP) is 1.79. The summed E-state index contributed by atoms with van der Waals surface area (Å²) in [7, 11) is 2.12. The van der Waals surface area contributed by atoms with Crippen LogP contribution in [0, 0.1) is 12.8 Å². The first kappa shape index (κ1) is 16.7. The molecular formula is C17H25N5O2. The molecule has 0 aliphatic carbocycles. The summed E-state index contributed by atoms with van der Waals surface area (Å²) in [5, 5.41) is 3.88. The highest BCUT2D eigenvalue weighted by atomic mass is 16.5. The predicted molar refractivity (Wildman–Crippen MR) is 89.5 cm³/mol. The first-order valence-corrected chi connectivity index (χ1v) is 8.37. The van der Waals surface area contributed by atoms with Crippen molar-refractivity contribution in [2.45, 2.75) is 39.9 Å². The Balaban J connectivity index is 1.82. The highest BCUT2D eigenvalue weighted by molar-refractivity contribution is 5.92. The summed E-state index contributed by atoms with van der Waals surface area (Å²) in [5.74, 6) is 1.80. The Hall–Kier alpha value is -2.15. The number of hydrogen-bond acceptors (Lipinski definition) is 5. The third-order valence-corrected chi connectivity index (χ3v) is 4.63. The van der Waals surface area contributed by atoms with E-state index >= 15 is 0 Å². The van der Waals surface area contributed by atoms with Crippen molar-refractivity contribution in [2.24, 2.45) is 5.92 Å². The largest absolute Gasteiger partial charge is 0.361 e. The summed E-state index contributed by atoms with van der Waals surface area (Å²) in [5.41, 5.74) is 0.364. The fraction of sp³-hybridized carbons (Fsp3) is 0.588. The second-order valence-corrected chi connectivity index (χ2v) is 6.90. The van der Waals surface area contributed by atoms with Gasteiger partial charge in [-0.2, -0.15) is 0 Å². The van der Waals surface area contributed by atoms with Crippen LogP contribution in [0.1, 0.15) is 35.9 Å². The van der Waals surface area contributed by atoms with Gasteiger partial charge in [-0.1, -0.05) is 5.16 Å². The second kappa shape index (κ2) is 6.76. The molecule has 2 aromatic rings. The number of carbonyl (C=O) groups excluding carboxylic acids is 1. The summed E-state index contributed by atoms with van der Waals surface area (Å²) >= 11 is 0. The summed E-state index contributed by atoms with van der Waals surface area (Å²) in [6.07, 6.45) is 3.79. The van der Waals surface area contributed by atoms with Crippen molar-refractivity contribution in [3.05, 3.63) is 35.7 Å². The first-order valence-electron chi connectivity index (χ1n) is 8.37. The molecular weight excluding hydrogens is 306 g/mol. The third-order valence-electron chi connectivity index (χ3n) is 4.63. The van der Waals surface area contributed by atoms with Crippen molar-refractivity contribution in [2.75, 3.05) is 20.1 Å². The van der Waals surface area contributed by atoms with E-state index in [1.165, 1.54) is 0 Å². The molecule has 130 valence electrons. The standard InChI is InChI=1S/C17H25N5O2/c1-12(2)20(4)8-14-9-21-6-5-18-16(21)11-22(10-14)17(23)15-7-13(3)24-19-15/h5-7,12,14H,8-11H2,1-4H3/t14-/m0/s1. The fourth-order valence-corrected chi connectivity index (χ4v) is 3.06. The van der Waals surface area contributed by atoms with Gasteiger partial charge >= 0.3 is 0 Å². The van der Waals surface area contributed by atoms with E-state index in [2.05, 4.69) is 40.5 Å². The highest BCUT2D eigenvalue weighted by Crippen LogP contribution is 2.19. The lowest BCUT2D eigenvalue weighted by molar-refractivity contribution is 0.0692. The molecule has 0 saturated heterocycles. The third kappa shape index (κ3) is 3.51. The van der Waals surface area contributed by atoms with E-state index in [9.17, 15) is 4.79 Å². The molecule has 0 fully saturated rings. The zero-order chi connectivity index (χ0) is 17.3. The van der Waals surface area contributed by atoms with Crippen LogP contribution in [0.3, 0.4) is 0 Å². The van der Waals surface area contributed by atoms with Crippen LogP contribution in [0.5, 0.6) is 0 Å². The monoisotopic (exact) mass is 331 g/mol. The van der Waals surface area contributed by atoms with Gasteiger partial charge in [-0.3, -0.25) is 4.79 Å². The molecule has 0 bridgehead atoms. The van der Waals surface area contributed by atoms with Gasteiger partial charge in [0.25, 0.3) is 5.91 Å². The minimum atomic E-state index is -0.0968. The van der Waals surface area contributed by atoms with Gasteiger partial charge in [0.1, 0.15) is 11.6 Å². The Morgan fingerprint density at radius 3 is 2.92 bits per heavy atom. The van der Waals surface area contributed by atoms with Crippen molar-refractivity contribution >= 4 is 5.91 Å². The molecule has 1 aliphatic heterocycles. The zero-order valence-corrected chi connectivity index (χ0v) is 14.8. The van der Waals surface area contributed by atoms with E-state index in [-0.39, 0.29) is 5.91 Å². The van der Waals surface area contributed by atoms with Crippen molar-refractivity contribution in [3.63, 3.8) is 0 Å². The molecule has 0 radical (unpaired) electrons. The summed E-state index contributed by atoms with van der Waals surface area (Å²) < 4.78 is 7.21. The number of aromatic nitrogens is 3. The summed E-state index contributed by atoms with van der Waals surface area (Å²) in [4.78, 5) is 21.4. The number of imidazole rings is 1. The molecule has 24 heavy (non-hydrogen) atoms. The highest BCUT2D eigenvalue weighted by Gasteiger charge is 2.28. The Morgan fingerprint density at radius 2 is 2.25 bits per heavy atom. The molecule has 1 atom stereocenters. The number of hydrogen-bond donors (Lipinski definition) is 0. The molecule has 7 heteroatoms. The Morgan fingerprint density at radius 1 is 1.46 bits per heavy atom. The number of nitrogens with zero attached hydrogens (tertiary/aromatic N) is 5. The smallest absolute Gasteiger partial charge is 0.276 e. The normalized spacial score (nSPS) is 18.1. The molecule has 0 N–H and O–H groups in total. The molecule has 1 aliphatic rings. The van der Waals surface area contributed by atoms with E-state index in [4.69, 9.17) is 4.52 Å². The lowest BCUT2D eigenvalue weighted by Crippen LogP contribution is -2.40. The van der Waals surface area contributed by atoms with Gasteiger partial charge in [-0.25, -0.2) is 4.98 Å². The Bertz CT molecular complexity index is 705. The van der Waals surface area contributed by atoms with Gasteiger partial charge in [-0.15, -0.1) is 0 Å². The number of aryl methyl sites for hydroxylation is 1. The van der Waals surface area contributed by atoms with Gasteiger partial charge in [-0.05, 0) is 27.8 Å². The fourth-order valence-electron chi connectivity index (χ4n) is 3.06. The van der Waals surface area contributed by atoms with Crippen LogP contribution >= 0.6 is 0 Å². The van der Waals surface area contributed by atoms with Crippen LogP contribution in [0.2, 0.25) is 0 Å². The quantitative estimate of drug-likeness (QED) is 0.854. The summed E-state index contributed by atoms with van der Waals surface area (Å²) in [6.45, 7) is 9.13. The maximum absolute atomic E-state index is 12.8. The number of fused-ring (bicyclic) bond motifs is 1. The van der Waals surface area contributed by atoms with Crippen molar-refractivity contribution in [1.29, 1.82) is 0 Å². The minimum Gasteiger partial charge on any atom is -0.361 e. The topological polar surface area (TPSA) is 67.4 Å². The van der Waals surface area contributed by atoms with Gasteiger partial charge in [0, 0.05) is 50.1 Å². The minimum absolute atomic E-state index is 0.0968. The first-order chi connectivity index (χ1) is 11.4.